The molecule has 0 aliphatic heterocycles. The van der Waals surface area contributed by atoms with E-state index in [-0.39, 0.29) is 30.5 Å². The van der Waals surface area contributed by atoms with Gasteiger partial charge < -0.3 is 9.53 Å². The number of benzene rings is 4. The summed E-state index contributed by atoms with van der Waals surface area (Å²) in [6.45, 7) is 30.2. The third-order valence-electron chi connectivity index (χ3n) is 10.1. The van der Waals surface area contributed by atoms with Crippen molar-refractivity contribution in [1.29, 1.82) is 0 Å². The number of carbonyl (C=O) groups is 1. The number of rotatable bonds is 2. The molecule has 5 nitrogen and oxygen atoms in total. The van der Waals surface area contributed by atoms with Gasteiger partial charge >= 0.3 is 12.4 Å². The number of ether oxygens (including phenoxy) is 1. The minimum Gasteiger partial charge on any atom is -0.388 e. The molecule has 0 spiro atoms. The van der Waals surface area contributed by atoms with E-state index in [1.54, 1.807) is 38.5 Å². The molecule has 1 saturated carbocycles. The van der Waals surface area contributed by atoms with Crippen molar-refractivity contribution in [2.45, 2.75) is 172 Å². The molecular weight excluding hydrogens is 1030 g/mol. The summed E-state index contributed by atoms with van der Waals surface area (Å²) in [5.41, 5.74) is 6.22. The van der Waals surface area contributed by atoms with E-state index < -0.39 is 38.4 Å². The van der Waals surface area contributed by atoms with Gasteiger partial charge in [-0.25, -0.2) is 8.42 Å². The fourth-order valence-electron chi connectivity index (χ4n) is 6.22. The molecule has 6 rings (SSSR count). The Morgan fingerprint density at radius 1 is 0.592 bits per heavy atom. The van der Waals surface area contributed by atoms with Crippen molar-refractivity contribution >= 4 is 38.2 Å². The molecule has 1 fully saturated rings. The molecule has 76 heavy (non-hydrogen) atoms. The molecule has 0 aromatic heterocycles. The van der Waals surface area contributed by atoms with Crippen LogP contribution in [-0.2, 0) is 41.0 Å². The first-order valence-corrected chi connectivity index (χ1v) is 31.4. The van der Waals surface area contributed by atoms with Gasteiger partial charge in [-0.15, -0.1) is 0 Å². The molecule has 2 aliphatic carbocycles. The molecule has 14 heteroatoms. The molecule has 0 saturated heterocycles. The second-order valence-electron chi connectivity index (χ2n) is 22.7. The summed E-state index contributed by atoms with van der Waals surface area (Å²) in [4.78, 5) is 9.44. The molecule has 0 atom stereocenters. The number of hydrogen-bond acceptors (Lipinski definition) is 6. The van der Waals surface area contributed by atoms with Gasteiger partial charge in [-0.2, -0.15) is 38.1 Å². The predicted molar refractivity (Wildman–Crippen MR) is 322 cm³/mol. The van der Waals surface area contributed by atoms with Crippen LogP contribution >= 0.6 is 11.8 Å². The maximum atomic E-state index is 11.6. The third kappa shape index (κ3) is 41.6. The van der Waals surface area contributed by atoms with Crippen molar-refractivity contribution in [1.82, 2.24) is 0 Å². The van der Waals surface area contributed by atoms with Gasteiger partial charge in [0.15, 0.2) is 5.41 Å². The van der Waals surface area contributed by atoms with Crippen LogP contribution in [0.3, 0.4) is 0 Å². The lowest BCUT2D eigenvalue weighted by Crippen LogP contribution is -2.44. The highest BCUT2D eigenvalue weighted by Crippen LogP contribution is 2.50. The Kier molecular flexibility index (Phi) is 42.7. The molecule has 440 valence electrons. The minimum absolute atomic E-state index is 0.0858. The Hall–Kier alpha value is -3.46. The number of carbonyl (C=O) groups excluding carboxylic acids is 1. The highest BCUT2D eigenvalue weighted by Gasteiger charge is 2.64. The molecule has 0 N–H and O–H groups in total. The zero-order valence-corrected chi connectivity index (χ0v) is 53.6. The fraction of sp³-hybridized carbons (Fsp3) is 0.597. The van der Waals surface area contributed by atoms with Crippen LogP contribution in [0.1, 0.15) is 172 Å². The number of ketones is 1. The van der Waals surface area contributed by atoms with E-state index in [2.05, 4.69) is 197 Å². The molecule has 4 aromatic rings. The highest BCUT2D eigenvalue weighted by molar-refractivity contribution is 7.97. The summed E-state index contributed by atoms with van der Waals surface area (Å²) in [6, 6.07) is 38.7. The van der Waals surface area contributed by atoms with Gasteiger partial charge in [-0.3, -0.25) is 4.21 Å². The highest BCUT2D eigenvalue weighted by atomic mass is 32.2. The van der Waals surface area contributed by atoms with Crippen molar-refractivity contribution in [3.05, 3.63) is 131 Å². The second-order valence-corrected chi connectivity index (χ2v) is 27.3. The summed E-state index contributed by atoms with van der Waals surface area (Å²) < 4.78 is 103. The lowest BCUT2D eigenvalue weighted by Gasteiger charge is -2.29. The number of thioether (sulfide) groups is 1. The first-order valence-electron chi connectivity index (χ1n) is 25.5. The van der Waals surface area contributed by atoms with Crippen LogP contribution in [0, 0.1) is 16.2 Å². The minimum atomic E-state index is -5.24. The van der Waals surface area contributed by atoms with Gasteiger partial charge in [-0.1, -0.05) is 218 Å². The lowest BCUT2D eigenvalue weighted by atomic mass is 9.78. The molecule has 0 unspecified atom stereocenters. The first kappa shape index (κ1) is 81.4. The molecule has 2 aliphatic rings. The Morgan fingerprint density at radius 2 is 0.803 bits per heavy atom. The van der Waals surface area contributed by atoms with E-state index in [4.69, 9.17) is 0 Å². The van der Waals surface area contributed by atoms with Crippen molar-refractivity contribution in [3.8, 4) is 11.1 Å². The van der Waals surface area contributed by atoms with Crippen LogP contribution in [0.5, 0.6) is 0 Å². The summed E-state index contributed by atoms with van der Waals surface area (Å²) in [5.74, 6) is 0.167. The van der Waals surface area contributed by atoms with Crippen LogP contribution < -0.4 is 0 Å². The van der Waals surface area contributed by atoms with Gasteiger partial charge in [0.05, 0.1) is 0 Å². The number of hydrogen-bond donors (Lipinski definition) is 0. The Labute approximate surface area is 467 Å². The maximum Gasteiger partial charge on any atom is 0.402 e. The fourth-order valence-corrected chi connectivity index (χ4v) is 6.22. The smallest absolute Gasteiger partial charge is 0.388 e. The quantitative estimate of drug-likeness (QED) is 0.186. The Balaban J connectivity index is -0.000000258. The Bertz CT molecular complexity index is 2060. The summed E-state index contributed by atoms with van der Waals surface area (Å²) in [7, 11) is -0.0278. The van der Waals surface area contributed by atoms with Crippen LogP contribution in [0.25, 0.3) is 11.1 Å². The molecule has 0 heterocycles. The number of methoxy groups -OCH3 is 1. The van der Waals surface area contributed by atoms with Crippen LogP contribution in [0.2, 0.25) is 0 Å². The van der Waals surface area contributed by atoms with Gasteiger partial charge in [0.2, 0.25) is 0 Å². The van der Waals surface area contributed by atoms with E-state index in [1.807, 2.05) is 12.5 Å². The number of sulfone groups is 1. The molecule has 0 amide bonds. The summed E-state index contributed by atoms with van der Waals surface area (Å²) >= 11 is 1.75. The van der Waals surface area contributed by atoms with E-state index in [0.717, 1.165) is 12.5 Å². The normalized spacial score (nSPS) is 13.6. The molecule has 0 radical (unpaired) electrons. The predicted octanol–water partition coefficient (Wildman–Crippen LogP) is 19.1. The summed E-state index contributed by atoms with van der Waals surface area (Å²) in [5, 5.41) is 0. The van der Waals surface area contributed by atoms with Gasteiger partial charge in [-0.05, 0) is 97.3 Å². The zero-order valence-electron chi connectivity index (χ0n) is 51.2. The van der Waals surface area contributed by atoms with Crippen molar-refractivity contribution in [3.63, 3.8) is 0 Å². The summed E-state index contributed by atoms with van der Waals surface area (Å²) in [6.07, 6.45) is 7.75. The lowest BCUT2D eigenvalue weighted by molar-refractivity contribution is -0.327. The van der Waals surface area contributed by atoms with Crippen LogP contribution in [-0.4, -0.2) is 82.5 Å². The van der Waals surface area contributed by atoms with Crippen LogP contribution in [0.15, 0.2) is 109 Å². The standard InChI is InChI=1S/C15H14.C15H16.C8H16.C5H6F6.C5H12.C3H6O.C3H8.C2H6O2S.C2H6OS.C2H6O.C2H6S/c1-15(2)13-9-5-3-7-11(13)12-8-4-6-10-14(12)15;1-15(2,13-9-5-3-6-10-13)14-11-7-4-8-12-14;1-8(2)6-4-3-5-7-8;1-3(2,4(6,7)8)5(9,10)11;1-5(2,3)4;1-3(2)4;1-3-2;1-5(2,3)4;1-4(2)3;2*1-3-2/h3-10H,1-2H3;3-12H,1-2H3;3-7H2,1-2H3;1-2H3;1-4H3;1-2H3;3H2,1-2H3;1-2H3;1-2H3;2*1-2H3. The zero-order chi connectivity index (χ0) is 61.0. The second kappa shape index (κ2) is 39.8. The molecule has 0 bridgehead atoms. The maximum absolute atomic E-state index is 11.6. The number of alkyl halides is 6. The monoisotopic (exact) mass is 1140 g/mol. The van der Waals surface area contributed by atoms with Gasteiger partial charge in [0, 0.05) is 60.9 Å². The third-order valence-corrected chi connectivity index (χ3v) is 10.1. The average molecular weight is 1140 g/mol. The number of fused-ring (bicyclic) bond motifs is 3. The van der Waals surface area contributed by atoms with E-state index >= 15 is 0 Å². The van der Waals surface area contributed by atoms with Crippen LogP contribution in [0.4, 0.5) is 26.3 Å². The molecule has 4 aromatic carbocycles. The van der Waals surface area contributed by atoms with Crippen molar-refractivity contribution in [2.75, 3.05) is 51.8 Å². The largest absolute Gasteiger partial charge is 0.402 e. The van der Waals surface area contributed by atoms with E-state index in [1.165, 1.54) is 85.8 Å². The topological polar surface area (TPSA) is 77.5 Å². The number of halogens is 6. The van der Waals surface area contributed by atoms with Gasteiger partial charge in [0.25, 0.3) is 0 Å². The van der Waals surface area contributed by atoms with Gasteiger partial charge in [0.1, 0.15) is 15.6 Å². The van der Waals surface area contributed by atoms with Crippen molar-refractivity contribution < 1.29 is 48.5 Å². The van der Waals surface area contributed by atoms with E-state index in [9.17, 15) is 43.8 Å². The van der Waals surface area contributed by atoms with E-state index in [0.29, 0.717) is 10.8 Å². The molecular formula is C62H102F6O5S3. The first-order chi connectivity index (χ1) is 34.3. The SMILES string of the molecule is CC(C)(C(F)(F)F)C(F)(F)F.CC(C)(C)C.CC(C)(c1ccccc1)c1ccccc1.CC(C)=O.CC1(C)CCCCC1.CC1(C)c2ccccc2-c2ccccc21.CCC.COC.CS(C)(=O)=O.CS(C)=O.CSC. The number of Topliss-reactive ketones (excluding diaryl/α,β-unsaturated/α-hetero) is 1. The Morgan fingerprint density at radius 3 is 0.987 bits per heavy atom. The average Bonchev–Trinajstić information content (AvgIpc) is 3.49. The van der Waals surface area contributed by atoms with Crippen molar-refractivity contribution in [2.24, 2.45) is 16.2 Å².